The van der Waals surface area contributed by atoms with E-state index in [0.29, 0.717) is 24.4 Å². The Morgan fingerprint density at radius 2 is 2.08 bits per heavy atom. The summed E-state index contributed by atoms with van der Waals surface area (Å²) < 4.78 is 0. The van der Waals surface area contributed by atoms with Crippen molar-refractivity contribution in [2.45, 2.75) is 39.2 Å². The summed E-state index contributed by atoms with van der Waals surface area (Å²) in [5, 5.41) is 3.86. The van der Waals surface area contributed by atoms with Crippen LogP contribution in [0.15, 0.2) is 53.6 Å². The maximum Gasteiger partial charge on any atom is 0.251 e. The highest BCUT2D eigenvalue weighted by Crippen LogP contribution is 2.20. The van der Waals surface area contributed by atoms with Crippen molar-refractivity contribution in [3.05, 3.63) is 75.8 Å². The number of H-pyrrole nitrogens is 1. The number of fused-ring (bicyclic) bond motifs is 1. The van der Waals surface area contributed by atoms with E-state index < -0.39 is 0 Å². The minimum absolute atomic E-state index is 0.0794. The number of pyridine rings is 2. The second-order valence-corrected chi connectivity index (χ2v) is 6.76. The minimum atomic E-state index is -0.130. The summed E-state index contributed by atoms with van der Waals surface area (Å²) in [6.45, 7) is 4.72. The van der Waals surface area contributed by atoms with Gasteiger partial charge in [-0.3, -0.25) is 14.6 Å². The van der Waals surface area contributed by atoms with Gasteiger partial charge in [0.05, 0.1) is 0 Å². The van der Waals surface area contributed by atoms with Gasteiger partial charge < -0.3 is 10.3 Å². The Morgan fingerprint density at radius 1 is 1.23 bits per heavy atom. The molecule has 0 unspecified atom stereocenters. The topological polar surface area (TPSA) is 74.8 Å². The van der Waals surface area contributed by atoms with Crippen LogP contribution in [-0.4, -0.2) is 15.9 Å². The molecule has 0 saturated heterocycles. The lowest BCUT2D eigenvalue weighted by Gasteiger charge is -2.09. The summed E-state index contributed by atoms with van der Waals surface area (Å²) in [5.74, 6) is 0.345. The largest absolute Gasteiger partial charge is 0.352 e. The van der Waals surface area contributed by atoms with Crippen molar-refractivity contribution >= 4 is 16.8 Å². The third-order valence-corrected chi connectivity index (χ3v) is 4.45. The number of nitrogens with zero attached hydrogens (tertiary/aromatic N) is 1. The van der Waals surface area contributed by atoms with Crippen molar-refractivity contribution < 1.29 is 4.79 Å². The van der Waals surface area contributed by atoms with E-state index in [-0.39, 0.29) is 17.9 Å². The van der Waals surface area contributed by atoms with Gasteiger partial charge in [0.1, 0.15) is 0 Å². The first-order valence-corrected chi connectivity index (χ1v) is 8.84. The summed E-state index contributed by atoms with van der Waals surface area (Å²) in [7, 11) is 0. The summed E-state index contributed by atoms with van der Waals surface area (Å²) in [4.78, 5) is 31.2. The van der Waals surface area contributed by atoms with E-state index in [1.54, 1.807) is 12.4 Å². The number of carbonyl (C=O) groups excluding carboxylic acids is 1. The monoisotopic (exact) mass is 349 g/mol. The maximum atomic E-state index is 12.2. The molecule has 2 N–H and O–H groups in total. The van der Waals surface area contributed by atoms with E-state index in [1.807, 2.05) is 30.3 Å². The van der Waals surface area contributed by atoms with E-state index in [9.17, 15) is 9.59 Å². The van der Waals surface area contributed by atoms with Gasteiger partial charge >= 0.3 is 0 Å². The molecule has 0 atom stereocenters. The van der Waals surface area contributed by atoms with Gasteiger partial charge in [-0.25, -0.2) is 0 Å². The Hall–Kier alpha value is -2.95. The third-order valence-electron chi connectivity index (χ3n) is 4.45. The van der Waals surface area contributed by atoms with Gasteiger partial charge in [-0.05, 0) is 53.1 Å². The van der Waals surface area contributed by atoms with Crippen molar-refractivity contribution in [1.29, 1.82) is 0 Å². The molecule has 2 heterocycles. The first-order chi connectivity index (χ1) is 12.5. The Labute approximate surface area is 152 Å². The molecule has 0 bridgehead atoms. The number of amides is 1. The fourth-order valence-electron chi connectivity index (χ4n) is 2.86. The average molecular weight is 349 g/mol. The Bertz CT molecular complexity index is 962. The average Bonchev–Trinajstić information content (AvgIpc) is 2.65. The predicted octanol–water partition coefficient (Wildman–Crippen LogP) is 3.30. The molecule has 5 nitrogen and oxygen atoms in total. The zero-order valence-electron chi connectivity index (χ0n) is 15.1. The lowest BCUT2D eigenvalue weighted by atomic mass is 10.00. The molecule has 0 spiro atoms. The molecule has 134 valence electrons. The van der Waals surface area contributed by atoms with Gasteiger partial charge in [-0.15, -0.1) is 0 Å². The lowest BCUT2D eigenvalue weighted by molar-refractivity contribution is -0.121. The van der Waals surface area contributed by atoms with Gasteiger partial charge in [0.25, 0.3) is 5.56 Å². The van der Waals surface area contributed by atoms with Crippen molar-refractivity contribution in [1.82, 2.24) is 15.3 Å². The number of carbonyl (C=O) groups is 1. The molecular formula is C21H23N3O2. The van der Waals surface area contributed by atoms with Crippen LogP contribution in [0.3, 0.4) is 0 Å². The minimum Gasteiger partial charge on any atom is -0.352 e. The number of rotatable bonds is 6. The number of hydrogen-bond donors (Lipinski definition) is 2. The van der Waals surface area contributed by atoms with Crippen LogP contribution in [-0.2, 0) is 17.8 Å². The zero-order valence-corrected chi connectivity index (χ0v) is 15.1. The highest BCUT2D eigenvalue weighted by molar-refractivity contribution is 5.80. The summed E-state index contributed by atoms with van der Waals surface area (Å²) in [6.07, 6.45) is 4.11. The van der Waals surface area contributed by atoms with E-state index >= 15 is 0 Å². The molecule has 0 aliphatic carbocycles. The van der Waals surface area contributed by atoms with Gasteiger partial charge in [0.15, 0.2) is 0 Å². The van der Waals surface area contributed by atoms with Gasteiger partial charge in [-0.1, -0.05) is 26.0 Å². The van der Waals surface area contributed by atoms with Gasteiger partial charge in [0.2, 0.25) is 5.91 Å². The molecule has 1 aromatic carbocycles. The molecule has 0 aliphatic rings. The second-order valence-electron chi connectivity index (χ2n) is 6.76. The van der Waals surface area contributed by atoms with E-state index in [4.69, 9.17) is 0 Å². The normalized spacial score (nSPS) is 11.0. The number of aromatic amines is 1. The van der Waals surface area contributed by atoms with Crippen molar-refractivity contribution in [3.8, 4) is 0 Å². The number of aryl methyl sites for hydroxylation is 1. The quantitative estimate of drug-likeness (QED) is 0.717. The third kappa shape index (κ3) is 4.36. The van der Waals surface area contributed by atoms with Gasteiger partial charge in [0, 0.05) is 36.4 Å². The highest BCUT2D eigenvalue weighted by Gasteiger charge is 2.08. The predicted molar refractivity (Wildman–Crippen MR) is 103 cm³/mol. The number of aromatic nitrogens is 2. The number of nitrogens with one attached hydrogen (secondary N) is 2. The first kappa shape index (κ1) is 17.9. The molecule has 0 fully saturated rings. The smallest absolute Gasteiger partial charge is 0.251 e. The molecule has 3 rings (SSSR count). The highest BCUT2D eigenvalue weighted by atomic mass is 16.1. The van der Waals surface area contributed by atoms with Crippen LogP contribution in [0.4, 0.5) is 0 Å². The number of benzene rings is 1. The summed E-state index contributed by atoms with van der Waals surface area (Å²) in [6, 6.07) is 11.7. The zero-order chi connectivity index (χ0) is 18.5. The van der Waals surface area contributed by atoms with Crippen LogP contribution in [0.1, 0.15) is 42.9 Å². The maximum absolute atomic E-state index is 12.2. The Kier molecular flexibility index (Phi) is 5.46. The van der Waals surface area contributed by atoms with Crippen molar-refractivity contribution in [2.24, 2.45) is 0 Å². The van der Waals surface area contributed by atoms with Crippen LogP contribution >= 0.6 is 0 Å². The molecule has 3 aromatic rings. The molecular weight excluding hydrogens is 326 g/mol. The first-order valence-electron chi connectivity index (χ1n) is 8.84. The lowest BCUT2D eigenvalue weighted by Crippen LogP contribution is -2.24. The van der Waals surface area contributed by atoms with Gasteiger partial charge in [-0.2, -0.15) is 0 Å². The van der Waals surface area contributed by atoms with E-state index in [0.717, 1.165) is 16.5 Å². The van der Waals surface area contributed by atoms with Crippen LogP contribution < -0.4 is 10.9 Å². The van der Waals surface area contributed by atoms with Crippen LogP contribution in [0, 0.1) is 0 Å². The fraction of sp³-hybridized carbons (Fsp3) is 0.286. The molecule has 0 aliphatic heterocycles. The Morgan fingerprint density at radius 3 is 2.81 bits per heavy atom. The number of hydrogen-bond acceptors (Lipinski definition) is 3. The van der Waals surface area contributed by atoms with Crippen LogP contribution in [0.5, 0.6) is 0 Å². The van der Waals surface area contributed by atoms with Crippen LogP contribution in [0.25, 0.3) is 10.9 Å². The summed E-state index contributed by atoms with van der Waals surface area (Å²) >= 11 is 0. The molecule has 26 heavy (non-hydrogen) atoms. The van der Waals surface area contributed by atoms with Crippen molar-refractivity contribution in [3.63, 3.8) is 0 Å². The molecule has 5 heteroatoms. The Balaban J connectivity index is 1.67. The standard InChI is InChI=1S/C21H23N3O2/c1-14(2)16-5-7-19-18(10-16)11-17(21(26)24-19)6-8-20(25)23-13-15-4-3-9-22-12-15/h3-5,7,9-12,14H,6,8,13H2,1-2H3,(H,23,25)(H,24,26). The molecule has 2 aromatic heterocycles. The van der Waals surface area contributed by atoms with E-state index in [1.165, 1.54) is 5.56 Å². The van der Waals surface area contributed by atoms with Crippen molar-refractivity contribution in [2.75, 3.05) is 0 Å². The second kappa shape index (κ2) is 7.95. The molecule has 0 saturated carbocycles. The fourth-order valence-corrected chi connectivity index (χ4v) is 2.86. The van der Waals surface area contributed by atoms with E-state index in [2.05, 4.69) is 35.2 Å². The summed E-state index contributed by atoms with van der Waals surface area (Å²) in [5.41, 5.74) is 3.50. The SMILES string of the molecule is CC(C)c1ccc2[nH]c(=O)c(CCC(=O)NCc3cccnc3)cc2c1. The van der Waals surface area contributed by atoms with Crippen LogP contribution in [0.2, 0.25) is 0 Å². The molecule has 0 radical (unpaired) electrons. The molecule has 1 amide bonds.